The van der Waals surface area contributed by atoms with Gasteiger partial charge < -0.3 is 0 Å². The van der Waals surface area contributed by atoms with Crippen LogP contribution in [-0.2, 0) is 0 Å². The SMILES string of the molecule is Cc1ccc(C(Br)c2ccc(Br)s2)cc1C. The number of hydrogen-bond donors (Lipinski definition) is 0. The molecule has 0 amide bonds. The van der Waals surface area contributed by atoms with E-state index in [1.807, 2.05) is 0 Å². The maximum absolute atomic E-state index is 3.76. The Morgan fingerprint density at radius 3 is 2.38 bits per heavy atom. The molecule has 1 aromatic carbocycles. The van der Waals surface area contributed by atoms with Gasteiger partial charge in [-0.25, -0.2) is 0 Å². The zero-order valence-corrected chi connectivity index (χ0v) is 13.1. The summed E-state index contributed by atoms with van der Waals surface area (Å²) in [5, 5.41) is 0. The molecule has 2 aromatic rings. The average molecular weight is 360 g/mol. The second-order valence-corrected chi connectivity index (χ2v) is 7.26. The maximum atomic E-state index is 3.76. The Morgan fingerprint density at radius 2 is 1.81 bits per heavy atom. The number of benzene rings is 1. The van der Waals surface area contributed by atoms with Gasteiger partial charge in [-0.1, -0.05) is 34.1 Å². The van der Waals surface area contributed by atoms with Crippen molar-refractivity contribution < 1.29 is 0 Å². The van der Waals surface area contributed by atoms with Crippen LogP contribution in [0.15, 0.2) is 34.1 Å². The molecule has 0 aliphatic rings. The van der Waals surface area contributed by atoms with Crippen LogP contribution in [0.2, 0.25) is 0 Å². The maximum Gasteiger partial charge on any atom is 0.0738 e. The van der Waals surface area contributed by atoms with E-state index < -0.39 is 0 Å². The Bertz CT molecular complexity index is 502. The van der Waals surface area contributed by atoms with Crippen LogP contribution in [-0.4, -0.2) is 0 Å². The standard InChI is InChI=1S/C13H12Br2S/c1-8-3-4-10(7-9(8)2)13(15)11-5-6-12(14)16-11/h3-7,13H,1-2H3. The Morgan fingerprint density at radius 1 is 1.06 bits per heavy atom. The molecule has 1 heterocycles. The van der Waals surface area contributed by atoms with E-state index in [9.17, 15) is 0 Å². The summed E-state index contributed by atoms with van der Waals surface area (Å²) in [5.74, 6) is 0. The van der Waals surface area contributed by atoms with Gasteiger partial charge in [0.25, 0.3) is 0 Å². The van der Waals surface area contributed by atoms with Gasteiger partial charge >= 0.3 is 0 Å². The Labute approximate surface area is 117 Å². The van der Waals surface area contributed by atoms with E-state index >= 15 is 0 Å². The second-order valence-electron chi connectivity index (χ2n) is 3.85. The number of alkyl halides is 1. The van der Waals surface area contributed by atoms with Gasteiger partial charge in [-0.3, -0.25) is 0 Å². The van der Waals surface area contributed by atoms with Crippen molar-refractivity contribution in [3.05, 3.63) is 55.7 Å². The first kappa shape index (κ1) is 12.3. The van der Waals surface area contributed by atoms with Crippen molar-refractivity contribution in [2.24, 2.45) is 0 Å². The molecule has 3 heteroatoms. The number of aryl methyl sites for hydroxylation is 2. The highest BCUT2D eigenvalue weighted by Crippen LogP contribution is 2.37. The lowest BCUT2D eigenvalue weighted by molar-refractivity contribution is 1.19. The molecule has 0 nitrogen and oxygen atoms in total. The van der Waals surface area contributed by atoms with E-state index in [0.29, 0.717) is 4.83 Å². The van der Waals surface area contributed by atoms with Gasteiger partial charge in [-0.15, -0.1) is 11.3 Å². The van der Waals surface area contributed by atoms with Crippen LogP contribution >= 0.6 is 43.2 Å². The first-order valence-corrected chi connectivity index (χ1v) is 7.57. The summed E-state index contributed by atoms with van der Waals surface area (Å²) in [6.07, 6.45) is 0. The van der Waals surface area contributed by atoms with Crippen molar-refractivity contribution in [1.29, 1.82) is 0 Å². The van der Waals surface area contributed by atoms with E-state index in [1.165, 1.54) is 25.4 Å². The average Bonchev–Trinajstić information content (AvgIpc) is 2.68. The Hall–Kier alpha value is -0.120. The molecule has 2 rings (SSSR count). The third-order valence-electron chi connectivity index (χ3n) is 2.67. The minimum Gasteiger partial charge on any atom is -0.132 e. The Balaban J connectivity index is 2.33. The molecule has 84 valence electrons. The number of hydrogen-bond acceptors (Lipinski definition) is 1. The van der Waals surface area contributed by atoms with E-state index in [-0.39, 0.29) is 0 Å². The van der Waals surface area contributed by atoms with Crippen LogP contribution in [0.3, 0.4) is 0 Å². The Kier molecular flexibility index (Phi) is 3.88. The number of halogens is 2. The summed E-state index contributed by atoms with van der Waals surface area (Å²) >= 11 is 9.02. The third-order valence-corrected chi connectivity index (χ3v) is 5.68. The predicted octanol–water partition coefficient (Wildman–Crippen LogP) is 5.61. The molecule has 0 saturated heterocycles. The summed E-state index contributed by atoms with van der Waals surface area (Å²) in [4.78, 5) is 1.62. The number of rotatable bonds is 2. The van der Waals surface area contributed by atoms with Crippen molar-refractivity contribution in [2.45, 2.75) is 18.7 Å². The molecule has 1 atom stereocenters. The summed E-state index contributed by atoms with van der Waals surface area (Å²) in [6, 6.07) is 10.9. The zero-order valence-electron chi connectivity index (χ0n) is 9.13. The third kappa shape index (κ3) is 2.58. The van der Waals surface area contributed by atoms with Crippen molar-refractivity contribution in [3.8, 4) is 0 Å². The normalized spacial score (nSPS) is 12.8. The van der Waals surface area contributed by atoms with Crippen LogP contribution in [0.5, 0.6) is 0 Å². The summed E-state index contributed by atoms with van der Waals surface area (Å²) in [6.45, 7) is 4.30. The summed E-state index contributed by atoms with van der Waals surface area (Å²) in [7, 11) is 0. The van der Waals surface area contributed by atoms with Crippen LogP contribution in [0.4, 0.5) is 0 Å². The molecule has 0 fully saturated rings. The molecular weight excluding hydrogens is 348 g/mol. The summed E-state index contributed by atoms with van der Waals surface area (Å²) in [5.41, 5.74) is 4.01. The molecule has 1 unspecified atom stereocenters. The minimum absolute atomic E-state index is 0.295. The van der Waals surface area contributed by atoms with Crippen molar-refractivity contribution in [2.75, 3.05) is 0 Å². The molecule has 0 radical (unpaired) electrons. The molecule has 0 saturated carbocycles. The van der Waals surface area contributed by atoms with Crippen molar-refractivity contribution in [1.82, 2.24) is 0 Å². The van der Waals surface area contributed by atoms with Gasteiger partial charge in [0.1, 0.15) is 0 Å². The molecule has 0 aliphatic carbocycles. The van der Waals surface area contributed by atoms with Crippen LogP contribution in [0.25, 0.3) is 0 Å². The minimum atomic E-state index is 0.295. The lowest BCUT2D eigenvalue weighted by Gasteiger charge is -2.10. The van der Waals surface area contributed by atoms with Gasteiger partial charge in [-0.2, -0.15) is 0 Å². The van der Waals surface area contributed by atoms with Crippen molar-refractivity contribution >= 4 is 43.2 Å². The van der Waals surface area contributed by atoms with Crippen molar-refractivity contribution in [3.63, 3.8) is 0 Å². The van der Waals surface area contributed by atoms with E-state index in [4.69, 9.17) is 0 Å². The van der Waals surface area contributed by atoms with Gasteiger partial charge in [0.15, 0.2) is 0 Å². The fourth-order valence-electron chi connectivity index (χ4n) is 1.55. The van der Waals surface area contributed by atoms with E-state index in [2.05, 4.69) is 76.0 Å². The molecule has 0 N–H and O–H groups in total. The largest absolute Gasteiger partial charge is 0.132 e. The molecular formula is C13H12Br2S. The van der Waals surface area contributed by atoms with Gasteiger partial charge in [0, 0.05) is 4.88 Å². The highest BCUT2D eigenvalue weighted by Gasteiger charge is 2.12. The van der Waals surface area contributed by atoms with Gasteiger partial charge in [-0.05, 0) is 58.6 Å². The lowest BCUT2D eigenvalue weighted by atomic mass is 10.0. The topological polar surface area (TPSA) is 0 Å². The van der Waals surface area contributed by atoms with Crippen LogP contribution in [0, 0.1) is 13.8 Å². The first-order chi connectivity index (χ1) is 7.58. The highest BCUT2D eigenvalue weighted by atomic mass is 79.9. The lowest BCUT2D eigenvalue weighted by Crippen LogP contribution is -1.91. The first-order valence-electron chi connectivity index (χ1n) is 5.04. The van der Waals surface area contributed by atoms with Crippen LogP contribution in [0.1, 0.15) is 26.4 Å². The number of thiophene rings is 1. The molecule has 0 spiro atoms. The van der Waals surface area contributed by atoms with Gasteiger partial charge in [0.2, 0.25) is 0 Å². The quantitative estimate of drug-likeness (QED) is 0.611. The van der Waals surface area contributed by atoms with E-state index in [1.54, 1.807) is 11.3 Å². The van der Waals surface area contributed by atoms with Gasteiger partial charge in [0.05, 0.1) is 8.61 Å². The van der Waals surface area contributed by atoms with E-state index in [0.717, 1.165) is 0 Å². The smallest absolute Gasteiger partial charge is 0.0738 e. The zero-order chi connectivity index (χ0) is 11.7. The highest BCUT2D eigenvalue weighted by molar-refractivity contribution is 9.11. The fourth-order valence-corrected chi connectivity index (χ4v) is 3.70. The predicted molar refractivity (Wildman–Crippen MR) is 78.7 cm³/mol. The molecule has 0 aliphatic heterocycles. The fraction of sp³-hybridized carbons (Fsp3) is 0.231. The summed E-state index contributed by atoms with van der Waals surface area (Å²) < 4.78 is 1.18. The van der Waals surface area contributed by atoms with Crippen LogP contribution < -0.4 is 0 Å². The molecule has 1 aromatic heterocycles. The second kappa shape index (κ2) is 5.03. The molecule has 16 heavy (non-hydrogen) atoms. The monoisotopic (exact) mass is 358 g/mol. The molecule has 0 bridgehead atoms.